The molecule has 0 radical (unpaired) electrons. The molecule has 1 saturated heterocycles. The molecule has 0 spiro atoms. The average Bonchev–Trinajstić information content (AvgIpc) is 2.52. The quantitative estimate of drug-likeness (QED) is 0.829. The molecule has 1 heterocycles. The Bertz CT molecular complexity index is 530. The van der Waals surface area contributed by atoms with E-state index in [0.717, 1.165) is 4.90 Å². The summed E-state index contributed by atoms with van der Waals surface area (Å²) in [5.74, 6) is -0.358. The number of imide groups is 1. The van der Waals surface area contributed by atoms with Crippen LogP contribution in [0.1, 0.15) is 25.5 Å². The van der Waals surface area contributed by atoms with Gasteiger partial charge in [0.05, 0.1) is 12.6 Å². The van der Waals surface area contributed by atoms with Crippen LogP contribution in [-0.2, 0) is 4.79 Å². The molecule has 1 aliphatic rings. The fourth-order valence-corrected chi connectivity index (χ4v) is 2.26. The molecule has 1 atom stereocenters. The topological polar surface area (TPSA) is 69.6 Å². The zero-order valence-electron chi connectivity index (χ0n) is 10.7. The third-order valence-corrected chi connectivity index (χ3v) is 3.41. The molecule has 1 aromatic rings. The largest absolute Gasteiger partial charge is 0.386 e. The van der Waals surface area contributed by atoms with Gasteiger partial charge in [0.1, 0.15) is 5.54 Å². The highest BCUT2D eigenvalue weighted by atomic mass is 35.5. The van der Waals surface area contributed by atoms with E-state index in [1.807, 2.05) is 0 Å². The Morgan fingerprint density at radius 2 is 2.00 bits per heavy atom. The van der Waals surface area contributed by atoms with E-state index >= 15 is 0 Å². The van der Waals surface area contributed by atoms with E-state index in [0.29, 0.717) is 10.6 Å². The van der Waals surface area contributed by atoms with Crippen LogP contribution in [-0.4, -0.2) is 34.0 Å². The van der Waals surface area contributed by atoms with E-state index in [2.05, 4.69) is 5.32 Å². The van der Waals surface area contributed by atoms with Crippen LogP contribution in [0.4, 0.5) is 4.79 Å². The first kappa shape index (κ1) is 13.8. The molecule has 19 heavy (non-hydrogen) atoms. The van der Waals surface area contributed by atoms with E-state index in [1.165, 1.54) is 0 Å². The van der Waals surface area contributed by atoms with Gasteiger partial charge in [0.25, 0.3) is 5.91 Å². The minimum atomic E-state index is -1.00. The fourth-order valence-electron chi connectivity index (χ4n) is 2.00. The van der Waals surface area contributed by atoms with E-state index in [4.69, 9.17) is 11.6 Å². The monoisotopic (exact) mass is 282 g/mol. The SMILES string of the molecule is CC1(C)NC(=O)N(C[C@@H](O)c2ccccc2Cl)C1=O. The van der Waals surface area contributed by atoms with Crippen molar-refractivity contribution in [3.63, 3.8) is 0 Å². The number of carbonyl (C=O) groups is 2. The number of nitrogens with one attached hydrogen (secondary N) is 1. The smallest absolute Gasteiger partial charge is 0.325 e. The molecule has 0 saturated carbocycles. The summed E-state index contributed by atoms with van der Waals surface area (Å²) in [5, 5.41) is 13.1. The zero-order valence-corrected chi connectivity index (χ0v) is 11.4. The van der Waals surface area contributed by atoms with Crippen molar-refractivity contribution in [2.45, 2.75) is 25.5 Å². The van der Waals surface area contributed by atoms with Crippen molar-refractivity contribution in [1.82, 2.24) is 10.2 Å². The summed E-state index contributed by atoms with van der Waals surface area (Å²) in [5.41, 5.74) is -0.438. The molecule has 0 bridgehead atoms. The first-order valence-corrected chi connectivity index (χ1v) is 6.27. The molecule has 0 aliphatic carbocycles. The number of aliphatic hydroxyl groups is 1. The first-order valence-electron chi connectivity index (χ1n) is 5.89. The lowest BCUT2D eigenvalue weighted by atomic mass is 10.1. The summed E-state index contributed by atoms with van der Waals surface area (Å²) < 4.78 is 0. The molecule has 1 fully saturated rings. The van der Waals surface area contributed by atoms with Crippen LogP contribution in [0.3, 0.4) is 0 Å². The minimum Gasteiger partial charge on any atom is -0.386 e. The summed E-state index contributed by atoms with van der Waals surface area (Å²) in [6.07, 6.45) is -1.00. The number of rotatable bonds is 3. The van der Waals surface area contributed by atoms with Crippen molar-refractivity contribution >= 4 is 23.5 Å². The maximum absolute atomic E-state index is 12.0. The fraction of sp³-hybridized carbons (Fsp3) is 0.385. The number of benzene rings is 1. The molecule has 0 aromatic heterocycles. The van der Waals surface area contributed by atoms with Gasteiger partial charge in [0.2, 0.25) is 0 Å². The number of nitrogens with zero attached hydrogens (tertiary/aromatic N) is 1. The Hall–Kier alpha value is -1.59. The van der Waals surface area contributed by atoms with Crippen LogP contribution in [0.25, 0.3) is 0 Å². The molecule has 1 aromatic carbocycles. The summed E-state index contributed by atoms with van der Waals surface area (Å²) in [7, 11) is 0. The van der Waals surface area contributed by atoms with Crippen LogP contribution in [0.15, 0.2) is 24.3 Å². The maximum Gasteiger partial charge on any atom is 0.325 e. The lowest BCUT2D eigenvalue weighted by Gasteiger charge is -2.20. The van der Waals surface area contributed by atoms with Gasteiger partial charge in [-0.3, -0.25) is 9.69 Å². The molecule has 2 N–H and O–H groups in total. The number of aliphatic hydroxyl groups excluding tert-OH is 1. The summed E-state index contributed by atoms with van der Waals surface area (Å²) in [6.45, 7) is 3.13. The zero-order chi connectivity index (χ0) is 14.2. The Labute approximate surface area is 116 Å². The highest BCUT2D eigenvalue weighted by Crippen LogP contribution is 2.25. The van der Waals surface area contributed by atoms with Gasteiger partial charge in [-0.05, 0) is 19.9 Å². The molecule has 102 valence electrons. The molecule has 1 aliphatic heterocycles. The Morgan fingerprint density at radius 3 is 2.53 bits per heavy atom. The van der Waals surface area contributed by atoms with Crippen LogP contribution < -0.4 is 5.32 Å². The molecule has 2 rings (SSSR count). The van der Waals surface area contributed by atoms with E-state index in [-0.39, 0.29) is 12.5 Å². The Morgan fingerprint density at radius 1 is 1.37 bits per heavy atom. The highest BCUT2D eigenvalue weighted by Gasteiger charge is 2.44. The van der Waals surface area contributed by atoms with Crippen molar-refractivity contribution < 1.29 is 14.7 Å². The van der Waals surface area contributed by atoms with Crippen LogP contribution >= 0.6 is 11.6 Å². The first-order chi connectivity index (χ1) is 8.83. The summed E-state index contributed by atoms with van der Waals surface area (Å²) >= 11 is 5.97. The normalized spacial score (nSPS) is 19.5. The Balaban J connectivity index is 2.16. The van der Waals surface area contributed by atoms with Gasteiger partial charge >= 0.3 is 6.03 Å². The van der Waals surface area contributed by atoms with Crippen molar-refractivity contribution in [3.05, 3.63) is 34.9 Å². The number of amides is 3. The van der Waals surface area contributed by atoms with Gasteiger partial charge in [-0.2, -0.15) is 0 Å². The second kappa shape index (κ2) is 4.83. The number of halogens is 1. The standard InChI is InChI=1S/C13H15ClN2O3/c1-13(2)11(18)16(12(19)15-13)7-10(17)8-5-3-4-6-9(8)14/h3-6,10,17H,7H2,1-2H3,(H,15,19)/t10-/m1/s1. The Kier molecular flexibility index (Phi) is 3.52. The van der Waals surface area contributed by atoms with Gasteiger partial charge in [-0.1, -0.05) is 29.8 Å². The number of hydrogen-bond donors (Lipinski definition) is 2. The van der Waals surface area contributed by atoms with Crippen LogP contribution in [0.2, 0.25) is 5.02 Å². The molecule has 5 nitrogen and oxygen atoms in total. The van der Waals surface area contributed by atoms with E-state index in [1.54, 1.807) is 38.1 Å². The predicted octanol–water partition coefficient (Wildman–Crippen LogP) is 1.70. The van der Waals surface area contributed by atoms with Crippen molar-refractivity contribution in [1.29, 1.82) is 0 Å². The number of carbonyl (C=O) groups excluding carboxylic acids is 2. The molecule has 0 unspecified atom stereocenters. The highest BCUT2D eigenvalue weighted by molar-refractivity contribution is 6.31. The van der Waals surface area contributed by atoms with Gasteiger partial charge in [0.15, 0.2) is 0 Å². The lowest BCUT2D eigenvalue weighted by molar-refractivity contribution is -0.131. The molecule has 6 heteroatoms. The van der Waals surface area contributed by atoms with Gasteiger partial charge in [-0.25, -0.2) is 4.79 Å². The molecular weight excluding hydrogens is 268 g/mol. The van der Waals surface area contributed by atoms with E-state index in [9.17, 15) is 14.7 Å². The van der Waals surface area contributed by atoms with Crippen LogP contribution in [0, 0.1) is 0 Å². The summed E-state index contributed by atoms with van der Waals surface area (Å²) in [4.78, 5) is 24.7. The third kappa shape index (κ3) is 2.57. The van der Waals surface area contributed by atoms with Crippen molar-refractivity contribution in [3.8, 4) is 0 Å². The lowest BCUT2D eigenvalue weighted by Crippen LogP contribution is -2.40. The number of urea groups is 1. The van der Waals surface area contributed by atoms with Gasteiger partial charge in [-0.15, -0.1) is 0 Å². The predicted molar refractivity (Wildman–Crippen MR) is 70.7 cm³/mol. The second-order valence-electron chi connectivity index (χ2n) is 5.01. The molecular formula is C13H15ClN2O3. The van der Waals surface area contributed by atoms with Crippen LogP contribution in [0.5, 0.6) is 0 Å². The number of hydrogen-bond acceptors (Lipinski definition) is 3. The molecule has 3 amide bonds. The van der Waals surface area contributed by atoms with Crippen molar-refractivity contribution in [2.24, 2.45) is 0 Å². The second-order valence-corrected chi connectivity index (χ2v) is 5.42. The van der Waals surface area contributed by atoms with Gasteiger partial charge in [0, 0.05) is 10.6 Å². The van der Waals surface area contributed by atoms with Crippen molar-refractivity contribution in [2.75, 3.05) is 6.54 Å². The third-order valence-electron chi connectivity index (χ3n) is 3.06. The number of β-amino-alcohol motifs (C(OH)–C–C–N with tert-alkyl or cyclic N) is 1. The summed E-state index contributed by atoms with van der Waals surface area (Å²) in [6, 6.07) is 6.29. The minimum absolute atomic E-state index is 0.113. The van der Waals surface area contributed by atoms with E-state index < -0.39 is 17.7 Å². The average molecular weight is 283 g/mol. The van der Waals surface area contributed by atoms with Gasteiger partial charge < -0.3 is 10.4 Å². The maximum atomic E-state index is 12.0.